The average Bonchev–Trinajstić information content (AvgIpc) is 3.89. The Hall–Kier alpha value is -5.09. The maximum Gasteiger partial charge on any atom is 0.408 e. The first-order chi connectivity index (χ1) is 28.0. The van der Waals surface area contributed by atoms with Crippen LogP contribution in [0.25, 0.3) is 11.1 Å². The molecule has 308 valence electrons. The number of carbonyl (C=O) groups excluding carboxylic acids is 4. The van der Waals surface area contributed by atoms with Crippen LogP contribution in [0.5, 0.6) is 0 Å². The van der Waals surface area contributed by atoms with E-state index >= 15 is 0 Å². The average molecular weight is 833 g/mol. The monoisotopic (exact) mass is 832 g/mol. The van der Waals surface area contributed by atoms with Gasteiger partial charge in [0, 0.05) is 11.6 Å². The van der Waals surface area contributed by atoms with E-state index in [1.54, 1.807) is 60.7 Å². The number of carbonyl (C=O) groups is 4. The second-order valence-corrected chi connectivity index (χ2v) is 17.3. The molecule has 0 saturated carbocycles. The SMILES string of the molecule is NCCCC[C@H](NC(=O)[C@@H]1C[C@@H](S(=O)(=O)Cc2ccc(Cl)cc2)CN1C(=O)[C@@H](CC=C1CCNCC1)NC(=O)OCc1ccccc1)C(=O)c1nc2ccccc2o1. The lowest BCUT2D eigenvalue weighted by Gasteiger charge is -2.29. The van der Waals surface area contributed by atoms with Gasteiger partial charge in [-0.05, 0) is 100.0 Å². The summed E-state index contributed by atoms with van der Waals surface area (Å²) in [6.07, 6.45) is 3.69. The first-order valence-electron chi connectivity index (χ1n) is 19.5. The molecule has 6 rings (SSSR count). The summed E-state index contributed by atoms with van der Waals surface area (Å²) in [6.45, 7) is 1.55. The number of nitrogens with zero attached hydrogens (tertiary/aromatic N) is 2. The molecule has 2 aliphatic rings. The van der Waals surface area contributed by atoms with Crippen molar-refractivity contribution in [2.75, 3.05) is 26.2 Å². The number of benzene rings is 3. The highest BCUT2D eigenvalue weighted by molar-refractivity contribution is 7.91. The smallest absolute Gasteiger partial charge is 0.408 e. The van der Waals surface area contributed by atoms with Gasteiger partial charge in [0.2, 0.25) is 17.6 Å². The molecule has 0 unspecified atom stereocenters. The van der Waals surface area contributed by atoms with Gasteiger partial charge in [-0.3, -0.25) is 14.4 Å². The van der Waals surface area contributed by atoms with E-state index in [1.165, 1.54) is 4.90 Å². The summed E-state index contributed by atoms with van der Waals surface area (Å²) in [5.74, 6) is -2.49. The number of sulfone groups is 1. The minimum absolute atomic E-state index is 0.0419. The van der Waals surface area contributed by atoms with Gasteiger partial charge in [-0.25, -0.2) is 18.2 Å². The first-order valence-corrected chi connectivity index (χ1v) is 21.6. The van der Waals surface area contributed by atoms with E-state index < -0.39 is 56.9 Å². The molecule has 2 saturated heterocycles. The summed E-state index contributed by atoms with van der Waals surface area (Å²) in [7, 11) is -3.95. The Morgan fingerprint density at radius 2 is 1.67 bits per heavy atom. The van der Waals surface area contributed by atoms with Crippen molar-refractivity contribution >= 4 is 56.2 Å². The summed E-state index contributed by atoms with van der Waals surface area (Å²) in [5, 5.41) is 8.11. The van der Waals surface area contributed by atoms with Crippen molar-refractivity contribution in [1.29, 1.82) is 0 Å². The Morgan fingerprint density at radius 1 is 0.948 bits per heavy atom. The zero-order valence-corrected chi connectivity index (χ0v) is 33.7. The topological polar surface area (TPSA) is 203 Å². The number of alkyl carbamates (subject to hydrolysis) is 1. The number of piperidine rings is 1. The molecule has 58 heavy (non-hydrogen) atoms. The largest absolute Gasteiger partial charge is 0.445 e. The van der Waals surface area contributed by atoms with Crippen LogP contribution < -0.4 is 21.7 Å². The van der Waals surface area contributed by atoms with E-state index in [2.05, 4.69) is 20.9 Å². The third kappa shape index (κ3) is 11.3. The number of fused-ring (bicyclic) bond motifs is 1. The molecular weight excluding hydrogens is 784 g/mol. The number of halogens is 1. The fourth-order valence-corrected chi connectivity index (χ4v) is 9.08. The minimum Gasteiger partial charge on any atom is -0.445 e. The second-order valence-electron chi connectivity index (χ2n) is 14.6. The Kier molecular flexibility index (Phi) is 14.7. The van der Waals surface area contributed by atoms with E-state index in [-0.39, 0.29) is 44.1 Å². The molecule has 5 N–H and O–H groups in total. The number of oxazole rings is 1. The molecule has 3 aromatic carbocycles. The van der Waals surface area contributed by atoms with Crippen LogP contribution >= 0.6 is 11.6 Å². The van der Waals surface area contributed by atoms with E-state index in [4.69, 9.17) is 26.5 Å². The number of nitrogens with two attached hydrogens (primary N) is 1. The molecule has 1 aromatic heterocycles. The zero-order chi connectivity index (χ0) is 41.1. The van der Waals surface area contributed by atoms with Crippen molar-refractivity contribution in [3.05, 3.63) is 113 Å². The lowest BCUT2D eigenvalue weighted by atomic mass is 10.0. The number of hydrogen-bond donors (Lipinski definition) is 4. The molecule has 0 radical (unpaired) electrons. The number of ketones is 1. The van der Waals surface area contributed by atoms with Crippen molar-refractivity contribution in [3.63, 3.8) is 0 Å². The molecule has 16 heteroatoms. The molecule has 4 aromatic rings. The first kappa shape index (κ1) is 42.5. The van der Waals surface area contributed by atoms with Gasteiger partial charge >= 0.3 is 6.09 Å². The highest BCUT2D eigenvalue weighted by atomic mass is 35.5. The summed E-state index contributed by atoms with van der Waals surface area (Å²) < 4.78 is 39.2. The predicted molar refractivity (Wildman–Crippen MR) is 220 cm³/mol. The number of hydrogen-bond acceptors (Lipinski definition) is 11. The maximum atomic E-state index is 14.7. The fourth-order valence-electron chi connectivity index (χ4n) is 7.20. The van der Waals surface area contributed by atoms with Crippen molar-refractivity contribution in [2.24, 2.45) is 5.73 Å². The van der Waals surface area contributed by atoms with Crippen LogP contribution in [0.15, 0.2) is 94.9 Å². The molecule has 2 fully saturated rings. The Labute approximate surface area is 342 Å². The maximum absolute atomic E-state index is 14.7. The lowest BCUT2D eigenvalue weighted by molar-refractivity contribution is -0.140. The molecule has 14 nitrogen and oxygen atoms in total. The van der Waals surface area contributed by atoms with Gasteiger partial charge in [0.25, 0.3) is 5.89 Å². The number of unbranched alkanes of at least 4 members (excludes halogenated alkanes) is 1. The van der Waals surface area contributed by atoms with Crippen LogP contribution in [-0.4, -0.2) is 91.5 Å². The quantitative estimate of drug-likeness (QED) is 0.0643. The van der Waals surface area contributed by atoms with Crippen LogP contribution in [-0.2, 0) is 36.5 Å². The van der Waals surface area contributed by atoms with Gasteiger partial charge in [0.15, 0.2) is 15.4 Å². The van der Waals surface area contributed by atoms with Crippen molar-refractivity contribution in [2.45, 2.75) is 80.7 Å². The van der Waals surface area contributed by atoms with Crippen LogP contribution in [0.4, 0.5) is 4.79 Å². The fraction of sp³-hybridized carbons (Fsp3) is 0.405. The van der Waals surface area contributed by atoms with Gasteiger partial charge in [-0.15, -0.1) is 0 Å². The summed E-state index contributed by atoms with van der Waals surface area (Å²) in [5.41, 5.74) is 8.97. The molecule has 3 heterocycles. The van der Waals surface area contributed by atoms with Crippen LogP contribution in [0.1, 0.15) is 66.8 Å². The van der Waals surface area contributed by atoms with Gasteiger partial charge < -0.3 is 35.7 Å². The van der Waals surface area contributed by atoms with Gasteiger partial charge in [-0.1, -0.05) is 77.8 Å². The van der Waals surface area contributed by atoms with Crippen molar-refractivity contribution in [3.8, 4) is 0 Å². The Balaban J connectivity index is 1.28. The summed E-state index contributed by atoms with van der Waals surface area (Å²) in [6, 6.07) is 18.8. The third-order valence-electron chi connectivity index (χ3n) is 10.4. The van der Waals surface area contributed by atoms with Gasteiger partial charge in [0.1, 0.15) is 24.2 Å². The number of aromatic nitrogens is 1. The molecule has 4 atom stereocenters. The van der Waals surface area contributed by atoms with Crippen molar-refractivity contribution < 1.29 is 36.7 Å². The highest BCUT2D eigenvalue weighted by Gasteiger charge is 2.47. The predicted octanol–water partition coefficient (Wildman–Crippen LogP) is 4.86. The molecule has 0 aliphatic carbocycles. The lowest BCUT2D eigenvalue weighted by Crippen LogP contribution is -2.55. The van der Waals surface area contributed by atoms with E-state index in [1.807, 2.05) is 24.3 Å². The van der Waals surface area contributed by atoms with Gasteiger partial charge in [-0.2, -0.15) is 0 Å². The number of nitrogens with one attached hydrogen (secondary N) is 3. The Morgan fingerprint density at radius 3 is 2.40 bits per heavy atom. The van der Waals surface area contributed by atoms with Crippen LogP contribution in [0.3, 0.4) is 0 Å². The highest BCUT2D eigenvalue weighted by Crippen LogP contribution is 2.29. The molecular formula is C42H49ClN6O8S. The number of amides is 3. The van der Waals surface area contributed by atoms with Crippen LogP contribution in [0.2, 0.25) is 5.02 Å². The van der Waals surface area contributed by atoms with Crippen molar-refractivity contribution in [1.82, 2.24) is 25.8 Å². The number of para-hydroxylation sites is 2. The summed E-state index contributed by atoms with van der Waals surface area (Å²) in [4.78, 5) is 61.8. The van der Waals surface area contributed by atoms with Crippen LogP contribution in [0, 0.1) is 0 Å². The molecule has 2 aliphatic heterocycles. The third-order valence-corrected chi connectivity index (χ3v) is 12.8. The number of Topliss-reactive ketones (excluding diaryl/α,β-unsaturated/α-hetero) is 1. The summed E-state index contributed by atoms with van der Waals surface area (Å²) >= 11 is 6.05. The van der Waals surface area contributed by atoms with Gasteiger partial charge in [0.05, 0.1) is 17.0 Å². The number of rotatable bonds is 17. The normalized spacial score (nSPS) is 18.0. The minimum atomic E-state index is -3.95. The number of likely N-dealkylation sites (tertiary alicyclic amines) is 1. The molecule has 0 spiro atoms. The Bertz CT molecular complexity index is 2160. The number of ether oxygens (including phenoxy) is 1. The standard InChI is InChI=1S/C42H49ClN6O8S/c43-31-16-13-30(14-17-31)27-58(54,55)32-24-36(39(51)46-34(11-6-7-21-44)38(50)40-47-33-10-4-5-12-37(33)57-40)49(25-32)41(52)35(18-15-28-19-22-45-23-20-28)48-42(53)56-26-29-8-2-1-3-9-29/h1-5,8-10,12-17,32,34-36,45H,6-7,11,18-27,44H2,(H,46,51)(H,48,53)/t32-,34+,35-,36+/m1/s1. The molecule has 3 amide bonds. The second kappa shape index (κ2) is 20.1. The van der Waals surface area contributed by atoms with E-state index in [9.17, 15) is 27.6 Å². The van der Waals surface area contributed by atoms with E-state index in [0.29, 0.717) is 41.1 Å². The zero-order valence-electron chi connectivity index (χ0n) is 32.1. The molecule has 0 bridgehead atoms. The van der Waals surface area contributed by atoms with E-state index in [0.717, 1.165) is 37.1 Å².